The fourth-order valence-corrected chi connectivity index (χ4v) is 1.25. The molecule has 0 unspecified atom stereocenters. The second kappa shape index (κ2) is 4.44. The summed E-state index contributed by atoms with van der Waals surface area (Å²) in [7, 11) is 1.93. The van der Waals surface area contributed by atoms with Gasteiger partial charge in [0, 0.05) is 25.2 Å². The van der Waals surface area contributed by atoms with Crippen LogP contribution in [0.4, 0.5) is 0 Å². The maximum absolute atomic E-state index is 5.61. The third kappa shape index (κ3) is 3.20. The highest BCUT2D eigenvalue weighted by atomic mass is 35.5. The molecule has 0 saturated heterocycles. The van der Waals surface area contributed by atoms with E-state index in [4.69, 9.17) is 11.6 Å². The van der Waals surface area contributed by atoms with Gasteiger partial charge in [0.25, 0.3) is 0 Å². The zero-order valence-electron chi connectivity index (χ0n) is 7.97. The van der Waals surface area contributed by atoms with Crippen molar-refractivity contribution in [2.45, 2.75) is 13.5 Å². The SMILES string of the molecule is C=C(Cl)CNCc1cc(C)nn1C. The molecule has 0 radical (unpaired) electrons. The maximum Gasteiger partial charge on any atom is 0.0597 e. The predicted molar refractivity (Wildman–Crippen MR) is 54.6 cm³/mol. The molecule has 0 aliphatic rings. The standard InChI is InChI=1S/C9H14ClN3/c1-7(10)5-11-6-9-4-8(2)12-13(9)3/h4,11H,1,5-6H2,2-3H3. The molecule has 0 aliphatic carbocycles. The largest absolute Gasteiger partial charge is 0.306 e. The van der Waals surface area contributed by atoms with Gasteiger partial charge in [-0.2, -0.15) is 5.10 Å². The van der Waals surface area contributed by atoms with E-state index in [1.165, 1.54) is 0 Å². The Morgan fingerprint density at radius 3 is 2.92 bits per heavy atom. The Morgan fingerprint density at radius 2 is 2.46 bits per heavy atom. The van der Waals surface area contributed by atoms with Crippen LogP contribution >= 0.6 is 11.6 Å². The monoisotopic (exact) mass is 199 g/mol. The summed E-state index contributed by atoms with van der Waals surface area (Å²) in [5.74, 6) is 0. The Bertz CT molecular complexity index is 304. The molecular weight excluding hydrogens is 186 g/mol. The quantitative estimate of drug-likeness (QED) is 0.798. The molecule has 1 aromatic heterocycles. The highest BCUT2D eigenvalue weighted by Gasteiger charge is 2.00. The molecule has 13 heavy (non-hydrogen) atoms. The third-order valence-electron chi connectivity index (χ3n) is 1.72. The van der Waals surface area contributed by atoms with Crippen LogP contribution in [0.2, 0.25) is 0 Å². The van der Waals surface area contributed by atoms with Crippen molar-refractivity contribution in [2.75, 3.05) is 6.54 Å². The molecule has 0 fully saturated rings. The first-order chi connectivity index (χ1) is 6.09. The van der Waals surface area contributed by atoms with Crippen molar-refractivity contribution >= 4 is 11.6 Å². The first kappa shape index (κ1) is 10.3. The number of aromatic nitrogens is 2. The molecule has 1 N–H and O–H groups in total. The minimum Gasteiger partial charge on any atom is -0.306 e. The summed E-state index contributed by atoms with van der Waals surface area (Å²) in [6.45, 7) is 6.97. The lowest BCUT2D eigenvalue weighted by atomic mass is 10.3. The zero-order chi connectivity index (χ0) is 9.84. The van der Waals surface area contributed by atoms with Crippen LogP contribution in [0.3, 0.4) is 0 Å². The van der Waals surface area contributed by atoms with E-state index < -0.39 is 0 Å². The second-order valence-electron chi connectivity index (χ2n) is 3.02. The Balaban J connectivity index is 2.45. The van der Waals surface area contributed by atoms with E-state index in [0.717, 1.165) is 17.9 Å². The van der Waals surface area contributed by atoms with Crippen LogP contribution in [-0.2, 0) is 13.6 Å². The van der Waals surface area contributed by atoms with Gasteiger partial charge in [-0.1, -0.05) is 18.2 Å². The van der Waals surface area contributed by atoms with Crippen LogP contribution in [0.25, 0.3) is 0 Å². The number of hydrogen-bond acceptors (Lipinski definition) is 2. The van der Waals surface area contributed by atoms with E-state index in [2.05, 4.69) is 17.0 Å². The van der Waals surface area contributed by atoms with Crippen LogP contribution in [0.15, 0.2) is 17.7 Å². The average Bonchev–Trinajstić information content (AvgIpc) is 2.29. The number of hydrogen-bond donors (Lipinski definition) is 1. The molecule has 0 atom stereocenters. The molecule has 0 aliphatic heterocycles. The predicted octanol–water partition coefficient (Wildman–Crippen LogP) is 1.57. The number of nitrogens with one attached hydrogen (secondary N) is 1. The summed E-state index contributed by atoms with van der Waals surface area (Å²) < 4.78 is 1.86. The summed E-state index contributed by atoms with van der Waals surface area (Å²) in [6, 6.07) is 2.05. The van der Waals surface area contributed by atoms with Crippen molar-refractivity contribution in [3.63, 3.8) is 0 Å². The fourth-order valence-electron chi connectivity index (χ4n) is 1.16. The Hall–Kier alpha value is -0.800. The smallest absolute Gasteiger partial charge is 0.0597 e. The number of nitrogens with zero attached hydrogens (tertiary/aromatic N) is 2. The molecule has 4 heteroatoms. The zero-order valence-corrected chi connectivity index (χ0v) is 8.73. The molecular formula is C9H14ClN3. The van der Waals surface area contributed by atoms with Gasteiger partial charge in [-0.3, -0.25) is 4.68 Å². The molecule has 1 heterocycles. The van der Waals surface area contributed by atoms with Gasteiger partial charge in [-0.15, -0.1) is 0 Å². The summed E-state index contributed by atoms with van der Waals surface area (Å²) in [5, 5.41) is 8.02. The van der Waals surface area contributed by atoms with E-state index in [9.17, 15) is 0 Å². The van der Waals surface area contributed by atoms with Crippen molar-refractivity contribution in [1.29, 1.82) is 0 Å². The van der Waals surface area contributed by atoms with Gasteiger partial charge in [-0.05, 0) is 13.0 Å². The Morgan fingerprint density at radius 1 is 1.77 bits per heavy atom. The lowest BCUT2D eigenvalue weighted by Crippen LogP contribution is -2.16. The molecule has 0 saturated carbocycles. The van der Waals surface area contributed by atoms with Crippen molar-refractivity contribution in [3.05, 3.63) is 29.1 Å². The third-order valence-corrected chi connectivity index (χ3v) is 1.86. The van der Waals surface area contributed by atoms with Crippen LogP contribution in [0.1, 0.15) is 11.4 Å². The van der Waals surface area contributed by atoms with E-state index in [0.29, 0.717) is 11.6 Å². The van der Waals surface area contributed by atoms with Crippen LogP contribution in [0.5, 0.6) is 0 Å². The minimum absolute atomic E-state index is 0.624. The summed E-state index contributed by atoms with van der Waals surface area (Å²) >= 11 is 5.61. The van der Waals surface area contributed by atoms with Crippen molar-refractivity contribution in [1.82, 2.24) is 15.1 Å². The van der Waals surface area contributed by atoms with Crippen LogP contribution in [-0.4, -0.2) is 16.3 Å². The van der Waals surface area contributed by atoms with Gasteiger partial charge in [0.15, 0.2) is 0 Å². The molecule has 3 nitrogen and oxygen atoms in total. The van der Waals surface area contributed by atoms with E-state index >= 15 is 0 Å². The van der Waals surface area contributed by atoms with Gasteiger partial charge in [0.1, 0.15) is 0 Å². The molecule has 1 rings (SSSR count). The van der Waals surface area contributed by atoms with Gasteiger partial charge >= 0.3 is 0 Å². The van der Waals surface area contributed by atoms with Gasteiger partial charge in [-0.25, -0.2) is 0 Å². The molecule has 0 spiro atoms. The lowest BCUT2D eigenvalue weighted by Gasteiger charge is -2.02. The summed E-state index contributed by atoms with van der Waals surface area (Å²) in [6.07, 6.45) is 0. The number of aryl methyl sites for hydroxylation is 2. The number of rotatable bonds is 4. The highest BCUT2D eigenvalue weighted by molar-refractivity contribution is 6.29. The maximum atomic E-state index is 5.61. The summed E-state index contributed by atoms with van der Waals surface area (Å²) in [4.78, 5) is 0. The highest BCUT2D eigenvalue weighted by Crippen LogP contribution is 2.01. The Kier molecular flexibility index (Phi) is 3.51. The van der Waals surface area contributed by atoms with Gasteiger partial charge in [0.2, 0.25) is 0 Å². The second-order valence-corrected chi connectivity index (χ2v) is 3.56. The van der Waals surface area contributed by atoms with Crippen LogP contribution < -0.4 is 5.32 Å². The van der Waals surface area contributed by atoms with Crippen molar-refractivity contribution < 1.29 is 0 Å². The topological polar surface area (TPSA) is 29.9 Å². The van der Waals surface area contributed by atoms with E-state index in [1.807, 2.05) is 24.7 Å². The molecule has 72 valence electrons. The Labute approximate surface area is 83.4 Å². The summed E-state index contributed by atoms with van der Waals surface area (Å²) in [5.41, 5.74) is 2.18. The van der Waals surface area contributed by atoms with Crippen LogP contribution in [0, 0.1) is 6.92 Å². The van der Waals surface area contributed by atoms with Crippen molar-refractivity contribution in [2.24, 2.45) is 7.05 Å². The van der Waals surface area contributed by atoms with Crippen molar-refractivity contribution in [3.8, 4) is 0 Å². The average molecular weight is 200 g/mol. The normalized spacial score (nSPS) is 10.4. The molecule has 0 aromatic carbocycles. The van der Waals surface area contributed by atoms with E-state index in [-0.39, 0.29) is 0 Å². The molecule has 1 aromatic rings. The number of halogens is 1. The van der Waals surface area contributed by atoms with E-state index in [1.54, 1.807) is 0 Å². The molecule has 0 bridgehead atoms. The minimum atomic E-state index is 0.624. The van der Waals surface area contributed by atoms with Gasteiger partial charge in [0.05, 0.1) is 11.4 Å². The lowest BCUT2D eigenvalue weighted by molar-refractivity contribution is 0.651. The van der Waals surface area contributed by atoms with Gasteiger partial charge < -0.3 is 5.32 Å². The molecule has 0 amide bonds. The fraction of sp³-hybridized carbons (Fsp3) is 0.444. The first-order valence-electron chi connectivity index (χ1n) is 4.13. The first-order valence-corrected chi connectivity index (χ1v) is 4.51.